The molecule has 0 aliphatic rings. The summed E-state index contributed by atoms with van der Waals surface area (Å²) in [6.07, 6.45) is 1.81. The number of hydrogen-bond donors (Lipinski definition) is 1. The average molecular weight is 292 g/mol. The van der Waals surface area contributed by atoms with Crippen molar-refractivity contribution in [3.63, 3.8) is 0 Å². The molecule has 4 aromatic rings. The monoisotopic (exact) mass is 292 g/mol. The van der Waals surface area contributed by atoms with Crippen molar-refractivity contribution in [1.82, 2.24) is 9.97 Å². The lowest BCUT2D eigenvalue weighted by Gasteiger charge is -1.95. The number of aromatic amines is 1. The van der Waals surface area contributed by atoms with E-state index in [9.17, 15) is 9.18 Å². The molecular weight excluding hydrogens is 279 g/mol. The molecule has 0 unspecified atom stereocenters. The third-order valence-corrected chi connectivity index (χ3v) is 3.22. The van der Waals surface area contributed by atoms with E-state index in [1.165, 1.54) is 11.5 Å². The number of benzene rings is 2. The summed E-state index contributed by atoms with van der Waals surface area (Å²) in [5.41, 5.74) is 1.04. The van der Waals surface area contributed by atoms with Crippen molar-refractivity contribution >= 4 is 21.8 Å². The van der Waals surface area contributed by atoms with Gasteiger partial charge in [0.15, 0.2) is 5.82 Å². The Morgan fingerprint density at radius 2 is 1.55 bits per heavy atom. The van der Waals surface area contributed by atoms with Gasteiger partial charge < -0.3 is 4.98 Å². The van der Waals surface area contributed by atoms with E-state index in [2.05, 4.69) is 22.1 Å². The van der Waals surface area contributed by atoms with Crippen LogP contribution in [-0.2, 0) is 0 Å². The molecule has 4 rings (SSSR count). The van der Waals surface area contributed by atoms with Crippen LogP contribution in [0.4, 0.5) is 4.39 Å². The van der Waals surface area contributed by atoms with Crippen LogP contribution >= 0.6 is 0 Å². The lowest BCUT2D eigenvalue weighted by molar-refractivity contribution is 0.612. The van der Waals surface area contributed by atoms with Crippen LogP contribution in [0, 0.1) is 5.82 Å². The number of aromatic nitrogens is 2. The van der Waals surface area contributed by atoms with Gasteiger partial charge in [-0.2, -0.15) is 0 Å². The van der Waals surface area contributed by atoms with Gasteiger partial charge in [-0.15, -0.1) is 0 Å². The predicted octanol–water partition coefficient (Wildman–Crippen LogP) is 3.90. The van der Waals surface area contributed by atoms with Crippen LogP contribution in [0.2, 0.25) is 0 Å². The van der Waals surface area contributed by atoms with Crippen LogP contribution in [0.15, 0.2) is 77.7 Å². The molecule has 2 aromatic heterocycles. The SMILES string of the molecule is O=c1[nH]c2ccccc2cc1F.c1ccc2ncccc2c1. The van der Waals surface area contributed by atoms with Gasteiger partial charge in [-0.05, 0) is 24.3 Å². The Morgan fingerprint density at radius 1 is 0.864 bits per heavy atom. The van der Waals surface area contributed by atoms with Crippen LogP contribution in [0.5, 0.6) is 0 Å². The number of pyridine rings is 2. The zero-order chi connectivity index (χ0) is 15.4. The summed E-state index contributed by atoms with van der Waals surface area (Å²) in [5, 5.41) is 1.90. The van der Waals surface area contributed by atoms with E-state index in [-0.39, 0.29) is 0 Å². The Bertz CT molecular complexity index is 913. The summed E-state index contributed by atoms with van der Waals surface area (Å²) >= 11 is 0. The molecule has 3 nitrogen and oxygen atoms in total. The third kappa shape index (κ3) is 3.01. The van der Waals surface area contributed by atoms with Gasteiger partial charge >= 0.3 is 0 Å². The van der Waals surface area contributed by atoms with Crippen molar-refractivity contribution in [1.29, 1.82) is 0 Å². The highest BCUT2D eigenvalue weighted by Gasteiger charge is 1.98. The van der Waals surface area contributed by atoms with Gasteiger partial charge in [-0.3, -0.25) is 9.78 Å². The third-order valence-electron chi connectivity index (χ3n) is 3.22. The minimum absolute atomic E-state index is 0.656. The molecule has 0 fully saturated rings. The Hall–Kier alpha value is -3.01. The number of nitrogens with zero attached hydrogens (tertiary/aromatic N) is 1. The molecule has 0 bridgehead atoms. The maximum Gasteiger partial charge on any atom is 0.284 e. The van der Waals surface area contributed by atoms with Crippen LogP contribution in [0.3, 0.4) is 0 Å². The van der Waals surface area contributed by atoms with Crippen molar-refractivity contribution in [2.75, 3.05) is 0 Å². The van der Waals surface area contributed by atoms with E-state index in [1.54, 1.807) is 24.3 Å². The summed E-state index contributed by atoms with van der Waals surface area (Å²) < 4.78 is 12.7. The van der Waals surface area contributed by atoms with Gasteiger partial charge in [0.05, 0.1) is 5.52 Å². The number of halogens is 1. The van der Waals surface area contributed by atoms with Crippen LogP contribution in [0.25, 0.3) is 21.8 Å². The summed E-state index contributed by atoms with van der Waals surface area (Å²) in [4.78, 5) is 17.4. The Kier molecular flexibility index (Phi) is 3.92. The first-order valence-electron chi connectivity index (χ1n) is 6.81. The summed E-state index contributed by atoms with van der Waals surface area (Å²) in [5.74, 6) is -0.742. The Morgan fingerprint density at radius 3 is 2.36 bits per heavy atom. The van der Waals surface area contributed by atoms with Gasteiger partial charge in [0.2, 0.25) is 0 Å². The average Bonchev–Trinajstić information content (AvgIpc) is 2.57. The van der Waals surface area contributed by atoms with E-state index in [0.29, 0.717) is 10.9 Å². The Balaban J connectivity index is 0.000000133. The predicted molar refractivity (Wildman–Crippen MR) is 86.3 cm³/mol. The molecular formula is C18H13FN2O. The van der Waals surface area contributed by atoms with Crippen molar-refractivity contribution in [2.24, 2.45) is 0 Å². The van der Waals surface area contributed by atoms with Gasteiger partial charge in [0.25, 0.3) is 5.56 Å². The number of H-pyrrole nitrogens is 1. The largest absolute Gasteiger partial charge is 0.319 e. The molecule has 0 aliphatic carbocycles. The minimum atomic E-state index is -0.742. The van der Waals surface area contributed by atoms with Crippen molar-refractivity contribution in [2.45, 2.75) is 0 Å². The zero-order valence-corrected chi connectivity index (χ0v) is 11.7. The molecule has 0 radical (unpaired) electrons. The van der Waals surface area contributed by atoms with Crippen LogP contribution in [-0.4, -0.2) is 9.97 Å². The summed E-state index contributed by atoms with van der Waals surface area (Å²) in [7, 11) is 0. The molecule has 0 amide bonds. The first-order chi connectivity index (χ1) is 10.7. The molecule has 0 spiro atoms. The van der Waals surface area contributed by atoms with E-state index < -0.39 is 11.4 Å². The molecule has 0 saturated carbocycles. The second kappa shape index (κ2) is 6.18. The second-order valence-electron chi connectivity index (χ2n) is 4.73. The quantitative estimate of drug-likeness (QED) is 0.534. The van der Waals surface area contributed by atoms with Gasteiger partial charge in [0, 0.05) is 22.5 Å². The number of hydrogen-bond acceptors (Lipinski definition) is 2. The molecule has 4 heteroatoms. The van der Waals surface area contributed by atoms with Crippen molar-refractivity contribution in [3.05, 3.63) is 89.1 Å². The number of para-hydroxylation sites is 2. The number of rotatable bonds is 0. The van der Waals surface area contributed by atoms with E-state index in [1.807, 2.05) is 30.5 Å². The molecule has 2 aromatic carbocycles. The van der Waals surface area contributed by atoms with Gasteiger partial charge in [0.1, 0.15) is 0 Å². The fourth-order valence-electron chi connectivity index (χ4n) is 2.14. The maximum atomic E-state index is 12.7. The molecule has 22 heavy (non-hydrogen) atoms. The first-order valence-corrected chi connectivity index (χ1v) is 6.81. The normalized spacial score (nSPS) is 10.2. The van der Waals surface area contributed by atoms with E-state index in [0.717, 1.165) is 5.52 Å². The zero-order valence-electron chi connectivity index (χ0n) is 11.7. The smallest absolute Gasteiger partial charge is 0.284 e. The van der Waals surface area contributed by atoms with E-state index in [4.69, 9.17) is 0 Å². The van der Waals surface area contributed by atoms with Crippen molar-refractivity contribution < 1.29 is 4.39 Å². The highest BCUT2D eigenvalue weighted by molar-refractivity contribution is 5.78. The van der Waals surface area contributed by atoms with Crippen LogP contribution < -0.4 is 5.56 Å². The topological polar surface area (TPSA) is 45.8 Å². The molecule has 0 aliphatic heterocycles. The Labute approximate surface area is 126 Å². The summed E-state index contributed by atoms with van der Waals surface area (Å²) in [6.45, 7) is 0. The second-order valence-corrected chi connectivity index (χ2v) is 4.73. The fraction of sp³-hybridized carbons (Fsp3) is 0. The highest BCUT2D eigenvalue weighted by Crippen LogP contribution is 2.09. The number of nitrogens with one attached hydrogen (secondary N) is 1. The summed E-state index contributed by atoms with van der Waals surface area (Å²) in [6, 6.07) is 20.4. The van der Waals surface area contributed by atoms with Gasteiger partial charge in [-0.25, -0.2) is 4.39 Å². The fourth-order valence-corrected chi connectivity index (χ4v) is 2.14. The maximum absolute atomic E-state index is 12.7. The van der Waals surface area contributed by atoms with Crippen molar-refractivity contribution in [3.8, 4) is 0 Å². The molecule has 0 atom stereocenters. The number of fused-ring (bicyclic) bond motifs is 2. The lowest BCUT2D eigenvalue weighted by atomic mass is 10.2. The minimum Gasteiger partial charge on any atom is -0.319 e. The standard InChI is InChI=1S/C9H6FNO.C9H7N/c10-7-5-6-3-1-2-4-8(6)11-9(7)12;1-2-6-9-8(4-1)5-3-7-10-9/h1-5H,(H,11,12);1-7H. The molecule has 1 N–H and O–H groups in total. The molecule has 108 valence electrons. The van der Waals surface area contributed by atoms with Gasteiger partial charge in [-0.1, -0.05) is 42.5 Å². The highest BCUT2D eigenvalue weighted by atomic mass is 19.1. The first kappa shape index (κ1) is 13.9. The van der Waals surface area contributed by atoms with E-state index >= 15 is 0 Å². The lowest BCUT2D eigenvalue weighted by Crippen LogP contribution is -2.09. The molecule has 2 heterocycles. The molecule has 0 saturated heterocycles. The van der Waals surface area contributed by atoms with Crippen LogP contribution in [0.1, 0.15) is 0 Å².